The minimum Gasteiger partial charge on any atom is -0.378 e. The van der Waals surface area contributed by atoms with Crippen LogP contribution in [0.4, 0.5) is 0 Å². The molecule has 1 saturated heterocycles. The molecule has 1 atom stereocenters. The van der Waals surface area contributed by atoms with Crippen molar-refractivity contribution in [3.8, 4) is 0 Å². The number of hydrogen-bond acceptors (Lipinski definition) is 2. The maximum Gasteiger partial charge on any atom is 0.220 e. The fourth-order valence-corrected chi connectivity index (χ4v) is 3.49. The van der Waals surface area contributed by atoms with Crippen LogP contribution in [0.1, 0.15) is 48.9 Å². The molecule has 0 aromatic heterocycles. The molecule has 2 N–H and O–H groups in total. The van der Waals surface area contributed by atoms with Crippen LogP contribution in [0.3, 0.4) is 0 Å². The first-order valence-electron chi connectivity index (χ1n) is 8.78. The second kappa shape index (κ2) is 6.78. The fourth-order valence-electron chi connectivity index (χ4n) is 3.49. The number of amides is 1. The van der Waals surface area contributed by atoms with Gasteiger partial charge < -0.3 is 10.4 Å². The van der Waals surface area contributed by atoms with Gasteiger partial charge >= 0.3 is 0 Å². The van der Waals surface area contributed by atoms with Crippen molar-refractivity contribution >= 4 is 5.91 Å². The molecular weight excluding hydrogens is 298 g/mol. The number of carbonyl (C=O) groups is 1. The highest BCUT2D eigenvalue weighted by Gasteiger charge is 2.43. The topological polar surface area (TPSA) is 49.3 Å². The highest BCUT2D eigenvalue weighted by atomic mass is 16.3. The monoisotopic (exact) mass is 323 g/mol. The maximum atomic E-state index is 11.7. The van der Waals surface area contributed by atoms with Gasteiger partial charge in [-0.3, -0.25) is 4.79 Å². The van der Waals surface area contributed by atoms with E-state index in [0.29, 0.717) is 12.8 Å². The van der Waals surface area contributed by atoms with E-state index in [1.807, 2.05) is 24.3 Å². The highest BCUT2D eigenvalue weighted by molar-refractivity contribution is 5.79. The average molecular weight is 323 g/mol. The smallest absolute Gasteiger partial charge is 0.220 e. The molecule has 0 spiro atoms. The van der Waals surface area contributed by atoms with E-state index in [4.69, 9.17) is 0 Å². The van der Waals surface area contributed by atoms with Gasteiger partial charge in [0.05, 0.1) is 6.04 Å². The molecule has 3 nitrogen and oxygen atoms in total. The third-order valence-electron chi connectivity index (χ3n) is 5.10. The molecule has 2 aromatic rings. The molecule has 0 unspecified atom stereocenters. The molecule has 1 aliphatic heterocycles. The summed E-state index contributed by atoms with van der Waals surface area (Å²) in [6.07, 6.45) is 3.03. The van der Waals surface area contributed by atoms with Crippen LogP contribution in [-0.2, 0) is 23.2 Å². The van der Waals surface area contributed by atoms with Crippen molar-refractivity contribution < 1.29 is 9.90 Å². The van der Waals surface area contributed by atoms with Crippen molar-refractivity contribution in [2.45, 2.75) is 51.2 Å². The molecule has 3 rings (SSSR count). The second-order valence-electron chi connectivity index (χ2n) is 6.53. The number of carbonyl (C=O) groups excluding carboxylic acids is 1. The van der Waals surface area contributed by atoms with Gasteiger partial charge in [-0.1, -0.05) is 62.4 Å². The molecule has 0 radical (unpaired) electrons. The second-order valence-corrected chi connectivity index (χ2v) is 6.53. The van der Waals surface area contributed by atoms with Gasteiger partial charge in [-0.05, 0) is 41.5 Å². The number of aryl methyl sites for hydroxylation is 2. The number of benzene rings is 2. The molecule has 24 heavy (non-hydrogen) atoms. The summed E-state index contributed by atoms with van der Waals surface area (Å²) in [7, 11) is 0. The van der Waals surface area contributed by atoms with Crippen LogP contribution in [0.2, 0.25) is 0 Å². The molecule has 1 aliphatic rings. The van der Waals surface area contributed by atoms with E-state index >= 15 is 0 Å². The van der Waals surface area contributed by atoms with E-state index in [1.54, 1.807) is 0 Å². The zero-order chi connectivity index (χ0) is 17.2. The van der Waals surface area contributed by atoms with Gasteiger partial charge in [-0.15, -0.1) is 0 Å². The van der Waals surface area contributed by atoms with Crippen molar-refractivity contribution in [2.24, 2.45) is 0 Å². The van der Waals surface area contributed by atoms with Gasteiger partial charge in [-0.25, -0.2) is 0 Å². The third kappa shape index (κ3) is 2.96. The Morgan fingerprint density at radius 1 is 0.958 bits per heavy atom. The minimum absolute atomic E-state index is 0.00813. The Bertz CT molecular complexity index is 656. The third-order valence-corrected chi connectivity index (χ3v) is 5.10. The zero-order valence-corrected chi connectivity index (χ0v) is 14.4. The largest absolute Gasteiger partial charge is 0.378 e. The van der Waals surface area contributed by atoms with Gasteiger partial charge in [0.1, 0.15) is 5.60 Å². The summed E-state index contributed by atoms with van der Waals surface area (Å²) >= 11 is 0. The first kappa shape index (κ1) is 16.7. The lowest BCUT2D eigenvalue weighted by molar-refractivity contribution is -0.120. The summed E-state index contributed by atoms with van der Waals surface area (Å²) in [5, 5.41) is 14.6. The van der Waals surface area contributed by atoms with Crippen molar-refractivity contribution in [1.29, 1.82) is 0 Å². The Balaban J connectivity index is 2.06. The molecule has 2 aromatic carbocycles. The van der Waals surface area contributed by atoms with Crippen LogP contribution >= 0.6 is 0 Å². The molecule has 0 bridgehead atoms. The van der Waals surface area contributed by atoms with Gasteiger partial charge in [0.15, 0.2) is 0 Å². The van der Waals surface area contributed by atoms with Crippen LogP contribution in [0.15, 0.2) is 48.5 Å². The molecule has 1 amide bonds. The minimum atomic E-state index is -1.20. The normalized spacial score (nSPS) is 17.8. The quantitative estimate of drug-likeness (QED) is 0.887. The van der Waals surface area contributed by atoms with Gasteiger partial charge in [0.2, 0.25) is 5.91 Å². The van der Waals surface area contributed by atoms with Crippen LogP contribution in [0.25, 0.3) is 0 Å². The number of rotatable bonds is 5. The lowest BCUT2D eigenvalue weighted by Gasteiger charge is -2.35. The maximum absolute atomic E-state index is 11.7. The highest BCUT2D eigenvalue weighted by Crippen LogP contribution is 2.37. The van der Waals surface area contributed by atoms with E-state index in [-0.39, 0.29) is 11.9 Å². The summed E-state index contributed by atoms with van der Waals surface area (Å²) in [4.78, 5) is 11.7. The Kier molecular flexibility index (Phi) is 4.72. The Morgan fingerprint density at radius 3 is 1.75 bits per heavy atom. The Labute approximate surface area is 143 Å². The van der Waals surface area contributed by atoms with Crippen LogP contribution < -0.4 is 5.32 Å². The molecule has 0 aliphatic carbocycles. The van der Waals surface area contributed by atoms with E-state index in [1.165, 1.54) is 11.1 Å². The summed E-state index contributed by atoms with van der Waals surface area (Å²) in [5.41, 5.74) is 2.92. The van der Waals surface area contributed by atoms with Crippen LogP contribution in [-0.4, -0.2) is 17.1 Å². The first-order valence-corrected chi connectivity index (χ1v) is 8.78. The number of aliphatic hydroxyl groups is 1. The lowest BCUT2D eigenvalue weighted by Crippen LogP contribution is -2.47. The van der Waals surface area contributed by atoms with E-state index < -0.39 is 5.60 Å². The van der Waals surface area contributed by atoms with Gasteiger partial charge in [-0.2, -0.15) is 0 Å². The molecule has 1 heterocycles. The van der Waals surface area contributed by atoms with Gasteiger partial charge in [0, 0.05) is 6.42 Å². The van der Waals surface area contributed by atoms with E-state index in [0.717, 1.165) is 24.0 Å². The standard InChI is InChI=1S/C21H25NO2/c1-3-15-5-9-17(10-6-15)21(24,19-13-14-20(23)22-19)18-11-7-16(4-2)8-12-18/h5-12,19,24H,3-4,13-14H2,1-2H3,(H,22,23)/t19-/m0/s1. The fraction of sp³-hybridized carbons (Fsp3) is 0.381. The summed E-state index contributed by atoms with van der Waals surface area (Å²) in [6, 6.07) is 15.8. The predicted molar refractivity (Wildman–Crippen MR) is 95.8 cm³/mol. The average Bonchev–Trinajstić information content (AvgIpc) is 3.08. The Morgan fingerprint density at radius 2 is 1.42 bits per heavy atom. The predicted octanol–water partition coefficient (Wildman–Crippen LogP) is 3.33. The van der Waals surface area contributed by atoms with Gasteiger partial charge in [0.25, 0.3) is 0 Å². The molecule has 3 heteroatoms. The summed E-state index contributed by atoms with van der Waals surface area (Å²) in [5.74, 6) is 0.00813. The summed E-state index contributed by atoms with van der Waals surface area (Å²) in [6.45, 7) is 4.23. The zero-order valence-electron chi connectivity index (χ0n) is 14.4. The van der Waals surface area contributed by atoms with Crippen molar-refractivity contribution in [1.82, 2.24) is 5.32 Å². The van der Waals surface area contributed by atoms with E-state index in [9.17, 15) is 9.90 Å². The number of nitrogens with one attached hydrogen (secondary N) is 1. The molecule has 1 fully saturated rings. The lowest BCUT2D eigenvalue weighted by atomic mass is 9.79. The first-order chi connectivity index (χ1) is 11.6. The Hall–Kier alpha value is -2.13. The molecule has 126 valence electrons. The SMILES string of the molecule is CCc1ccc(C(O)(c2ccc(CC)cc2)[C@@H]2CCC(=O)N2)cc1. The molecule has 0 saturated carbocycles. The van der Waals surface area contributed by atoms with Crippen LogP contribution in [0.5, 0.6) is 0 Å². The van der Waals surface area contributed by atoms with Crippen molar-refractivity contribution in [3.63, 3.8) is 0 Å². The van der Waals surface area contributed by atoms with Crippen molar-refractivity contribution in [3.05, 3.63) is 70.8 Å². The molecular formula is C21H25NO2. The van der Waals surface area contributed by atoms with Crippen molar-refractivity contribution in [2.75, 3.05) is 0 Å². The number of hydrogen-bond donors (Lipinski definition) is 2. The van der Waals surface area contributed by atoms with E-state index in [2.05, 4.69) is 43.4 Å². The van der Waals surface area contributed by atoms with Crippen LogP contribution in [0, 0.1) is 0 Å². The summed E-state index contributed by atoms with van der Waals surface area (Å²) < 4.78 is 0.